The van der Waals surface area contributed by atoms with Crippen LogP contribution in [-0.2, 0) is 9.47 Å². The minimum Gasteiger partial charge on any atom is -0.381 e. The summed E-state index contributed by atoms with van der Waals surface area (Å²) in [7, 11) is 0. The maximum absolute atomic E-state index is 9.26. The van der Waals surface area contributed by atoms with Crippen molar-refractivity contribution in [3.63, 3.8) is 0 Å². The Morgan fingerprint density at radius 2 is 2.00 bits per heavy atom. The fourth-order valence-corrected chi connectivity index (χ4v) is 2.51. The van der Waals surface area contributed by atoms with Crippen LogP contribution in [0.1, 0.15) is 51.9 Å². The largest absolute Gasteiger partial charge is 0.381 e. The quantitative estimate of drug-likeness (QED) is 0.685. The van der Waals surface area contributed by atoms with Gasteiger partial charge in [0.15, 0.2) is 0 Å². The first-order valence-corrected chi connectivity index (χ1v) is 7.60. The lowest BCUT2D eigenvalue weighted by atomic mass is 9.96. The molecule has 0 aromatic rings. The first-order valence-electron chi connectivity index (χ1n) is 7.60. The number of nitriles is 1. The summed E-state index contributed by atoms with van der Waals surface area (Å²) in [5.41, 5.74) is -0.347. The van der Waals surface area contributed by atoms with E-state index in [1.165, 1.54) is 12.8 Å². The average molecular weight is 266 g/mol. The average Bonchev–Trinajstić information content (AvgIpc) is 3.23. The third-order valence-electron chi connectivity index (χ3n) is 3.94. The number of nitrogens with one attached hydrogen (secondary N) is 1. The molecule has 1 saturated heterocycles. The summed E-state index contributed by atoms with van der Waals surface area (Å²) in [5.74, 6) is 0. The highest BCUT2D eigenvalue weighted by atomic mass is 16.5. The second-order valence-corrected chi connectivity index (χ2v) is 6.00. The standard InChI is InChI=1S/C15H26N2O2/c1-15(12-16,17-13-4-5-13)8-2-3-9-19-14-6-10-18-11-7-14/h13-14,17H,2-11H2,1H3. The van der Waals surface area contributed by atoms with Gasteiger partial charge in [-0.1, -0.05) is 0 Å². The minimum atomic E-state index is -0.347. The molecular formula is C15H26N2O2. The van der Waals surface area contributed by atoms with Crippen LogP contribution in [0.3, 0.4) is 0 Å². The molecule has 1 aliphatic heterocycles. The molecule has 1 aliphatic carbocycles. The van der Waals surface area contributed by atoms with Crippen molar-refractivity contribution in [1.82, 2.24) is 5.32 Å². The Morgan fingerprint density at radius 1 is 1.26 bits per heavy atom. The van der Waals surface area contributed by atoms with E-state index in [1.807, 2.05) is 6.92 Å². The number of hydrogen-bond acceptors (Lipinski definition) is 4. The van der Waals surface area contributed by atoms with Gasteiger partial charge in [0.25, 0.3) is 0 Å². The first kappa shape index (κ1) is 14.8. The van der Waals surface area contributed by atoms with Crippen molar-refractivity contribution in [2.45, 2.75) is 69.6 Å². The van der Waals surface area contributed by atoms with E-state index >= 15 is 0 Å². The highest BCUT2D eigenvalue weighted by Gasteiger charge is 2.31. The monoisotopic (exact) mass is 266 g/mol. The summed E-state index contributed by atoms with van der Waals surface area (Å²) >= 11 is 0. The van der Waals surface area contributed by atoms with Gasteiger partial charge in [-0.2, -0.15) is 5.26 Å². The summed E-state index contributed by atoms with van der Waals surface area (Å²) in [6, 6.07) is 3.01. The van der Waals surface area contributed by atoms with E-state index in [9.17, 15) is 5.26 Å². The number of ether oxygens (including phenoxy) is 2. The topological polar surface area (TPSA) is 54.3 Å². The second-order valence-electron chi connectivity index (χ2n) is 6.00. The van der Waals surface area contributed by atoms with E-state index in [0.717, 1.165) is 51.9 Å². The SMILES string of the molecule is CC(C#N)(CCCCOC1CCOCC1)NC1CC1. The first-order chi connectivity index (χ1) is 9.22. The molecule has 0 bridgehead atoms. The molecule has 108 valence electrons. The van der Waals surface area contributed by atoms with E-state index in [2.05, 4.69) is 11.4 Å². The van der Waals surface area contributed by atoms with Crippen LogP contribution in [0.5, 0.6) is 0 Å². The van der Waals surface area contributed by atoms with Crippen molar-refractivity contribution in [2.24, 2.45) is 0 Å². The Kier molecular flexibility index (Phi) is 5.62. The molecule has 0 radical (unpaired) electrons. The van der Waals surface area contributed by atoms with E-state index in [-0.39, 0.29) is 5.54 Å². The van der Waals surface area contributed by atoms with Crippen LogP contribution >= 0.6 is 0 Å². The zero-order chi connectivity index (χ0) is 13.6. The molecule has 1 heterocycles. The Hall–Kier alpha value is -0.630. The van der Waals surface area contributed by atoms with E-state index < -0.39 is 0 Å². The van der Waals surface area contributed by atoms with Gasteiger partial charge in [-0.05, 0) is 51.9 Å². The van der Waals surface area contributed by atoms with Gasteiger partial charge in [0, 0.05) is 25.9 Å². The molecule has 4 nitrogen and oxygen atoms in total. The summed E-state index contributed by atoms with van der Waals surface area (Å²) in [5, 5.41) is 12.7. The third-order valence-corrected chi connectivity index (χ3v) is 3.94. The molecular weight excluding hydrogens is 240 g/mol. The Labute approximate surface area is 116 Å². The molecule has 2 fully saturated rings. The predicted octanol–water partition coefficient (Wildman–Crippen LogP) is 2.39. The molecule has 0 aromatic heterocycles. The Morgan fingerprint density at radius 3 is 2.63 bits per heavy atom. The van der Waals surface area contributed by atoms with E-state index in [0.29, 0.717) is 12.1 Å². The lowest BCUT2D eigenvalue weighted by Gasteiger charge is -2.24. The number of rotatable bonds is 8. The van der Waals surface area contributed by atoms with Crippen molar-refractivity contribution in [3.8, 4) is 6.07 Å². The molecule has 2 rings (SSSR count). The molecule has 2 aliphatic rings. The molecule has 1 unspecified atom stereocenters. The highest BCUT2D eigenvalue weighted by Crippen LogP contribution is 2.24. The second kappa shape index (κ2) is 7.23. The van der Waals surface area contributed by atoms with Crippen molar-refractivity contribution < 1.29 is 9.47 Å². The van der Waals surface area contributed by atoms with Gasteiger partial charge in [-0.3, -0.25) is 5.32 Å². The Balaban J connectivity index is 1.53. The zero-order valence-corrected chi connectivity index (χ0v) is 12.0. The summed E-state index contributed by atoms with van der Waals surface area (Å²) in [4.78, 5) is 0. The van der Waals surface area contributed by atoms with Crippen LogP contribution in [-0.4, -0.2) is 37.5 Å². The fourth-order valence-electron chi connectivity index (χ4n) is 2.51. The van der Waals surface area contributed by atoms with Crippen molar-refractivity contribution in [2.75, 3.05) is 19.8 Å². The zero-order valence-electron chi connectivity index (χ0n) is 12.0. The van der Waals surface area contributed by atoms with Crippen molar-refractivity contribution in [1.29, 1.82) is 5.26 Å². The van der Waals surface area contributed by atoms with Gasteiger partial charge in [0.2, 0.25) is 0 Å². The van der Waals surface area contributed by atoms with E-state index in [4.69, 9.17) is 9.47 Å². The van der Waals surface area contributed by atoms with Crippen LogP contribution in [0.2, 0.25) is 0 Å². The van der Waals surface area contributed by atoms with Gasteiger partial charge in [-0.25, -0.2) is 0 Å². The van der Waals surface area contributed by atoms with Crippen LogP contribution in [0.25, 0.3) is 0 Å². The molecule has 1 N–H and O–H groups in total. The van der Waals surface area contributed by atoms with Gasteiger partial charge in [-0.15, -0.1) is 0 Å². The molecule has 4 heteroatoms. The lowest BCUT2D eigenvalue weighted by molar-refractivity contribution is -0.0328. The van der Waals surface area contributed by atoms with Gasteiger partial charge < -0.3 is 9.47 Å². The van der Waals surface area contributed by atoms with Crippen LogP contribution in [0.4, 0.5) is 0 Å². The number of hydrogen-bond donors (Lipinski definition) is 1. The lowest BCUT2D eigenvalue weighted by Crippen LogP contribution is -2.42. The summed E-state index contributed by atoms with van der Waals surface area (Å²) < 4.78 is 11.1. The maximum atomic E-state index is 9.26. The number of nitrogens with zero attached hydrogens (tertiary/aromatic N) is 1. The number of unbranched alkanes of at least 4 members (excludes halogenated alkanes) is 1. The molecule has 1 atom stereocenters. The molecule has 0 aromatic carbocycles. The van der Waals surface area contributed by atoms with Crippen LogP contribution in [0, 0.1) is 11.3 Å². The highest BCUT2D eigenvalue weighted by molar-refractivity contribution is 5.06. The van der Waals surface area contributed by atoms with Gasteiger partial charge in [0.05, 0.1) is 12.2 Å². The normalized spacial score (nSPS) is 23.8. The van der Waals surface area contributed by atoms with Crippen molar-refractivity contribution >= 4 is 0 Å². The smallest absolute Gasteiger partial charge is 0.104 e. The van der Waals surface area contributed by atoms with Crippen LogP contribution in [0.15, 0.2) is 0 Å². The molecule has 19 heavy (non-hydrogen) atoms. The summed E-state index contributed by atoms with van der Waals surface area (Å²) in [6.45, 7) is 4.51. The van der Waals surface area contributed by atoms with Crippen LogP contribution < -0.4 is 5.32 Å². The van der Waals surface area contributed by atoms with Gasteiger partial charge in [0.1, 0.15) is 5.54 Å². The fraction of sp³-hybridized carbons (Fsp3) is 0.933. The van der Waals surface area contributed by atoms with Gasteiger partial charge >= 0.3 is 0 Å². The molecule has 1 saturated carbocycles. The predicted molar refractivity (Wildman–Crippen MR) is 73.8 cm³/mol. The Bertz CT molecular complexity index is 306. The molecule has 0 spiro atoms. The minimum absolute atomic E-state index is 0.347. The third kappa shape index (κ3) is 5.48. The van der Waals surface area contributed by atoms with Crippen molar-refractivity contribution in [3.05, 3.63) is 0 Å². The molecule has 0 amide bonds. The van der Waals surface area contributed by atoms with E-state index in [1.54, 1.807) is 0 Å². The maximum Gasteiger partial charge on any atom is 0.104 e. The summed E-state index contributed by atoms with van der Waals surface area (Å²) in [6.07, 6.45) is 7.90.